The molecule has 2 aromatic rings. The Kier molecular flexibility index (Phi) is 7.50. The number of carbonyl (C=O) groups excluding carboxylic acids is 2. The number of amides is 2. The molecule has 2 amide bonds. The maximum atomic E-state index is 13.3. The van der Waals surface area contributed by atoms with Gasteiger partial charge in [0.15, 0.2) is 0 Å². The monoisotopic (exact) mass is 431 g/mol. The molecule has 0 atom stereocenters. The second-order valence-corrected chi connectivity index (χ2v) is 8.09. The quantitative estimate of drug-likeness (QED) is 0.675. The number of nitrogens with zero attached hydrogens (tertiary/aromatic N) is 2. The number of piperidine rings is 1. The first kappa shape index (κ1) is 22.3. The molecule has 0 radical (unpaired) electrons. The van der Waals surface area contributed by atoms with E-state index >= 15 is 0 Å². The Morgan fingerprint density at radius 3 is 2.40 bits per heavy atom. The third-order valence-electron chi connectivity index (χ3n) is 6.16. The number of hydrogen-bond donors (Lipinski definition) is 3. The molecule has 1 aromatic carbocycles. The zero-order chi connectivity index (χ0) is 20.1. The molecule has 2 fully saturated rings. The van der Waals surface area contributed by atoms with Crippen LogP contribution in [0.1, 0.15) is 44.9 Å². The van der Waals surface area contributed by atoms with Crippen LogP contribution in [-0.4, -0.2) is 34.7 Å². The summed E-state index contributed by atoms with van der Waals surface area (Å²) in [5.41, 5.74) is 0.703. The van der Waals surface area contributed by atoms with Crippen molar-refractivity contribution in [3.05, 3.63) is 42.7 Å². The summed E-state index contributed by atoms with van der Waals surface area (Å²) >= 11 is 0. The molecule has 162 valence electrons. The van der Waals surface area contributed by atoms with Gasteiger partial charge in [0.25, 0.3) is 5.91 Å². The Morgan fingerprint density at radius 2 is 1.73 bits per heavy atom. The van der Waals surface area contributed by atoms with Crippen LogP contribution < -0.4 is 16.0 Å². The summed E-state index contributed by atoms with van der Waals surface area (Å²) in [6, 6.07) is 9.25. The maximum absolute atomic E-state index is 13.3. The molecule has 8 heteroatoms. The van der Waals surface area contributed by atoms with E-state index in [2.05, 4.69) is 21.0 Å². The highest BCUT2D eigenvalue weighted by Crippen LogP contribution is 2.30. The van der Waals surface area contributed by atoms with Gasteiger partial charge in [0.05, 0.1) is 0 Å². The van der Waals surface area contributed by atoms with Gasteiger partial charge in [-0.3, -0.25) is 14.3 Å². The molecular formula is C22H30ClN5O2. The third kappa shape index (κ3) is 4.84. The lowest BCUT2D eigenvalue weighted by Gasteiger charge is -2.36. The fraction of sp³-hybridized carbons (Fsp3) is 0.500. The average Bonchev–Trinajstić information content (AvgIpc) is 3.30. The summed E-state index contributed by atoms with van der Waals surface area (Å²) in [6.45, 7) is 1.54. The number of halogens is 1. The van der Waals surface area contributed by atoms with Crippen LogP contribution in [-0.2, 0) is 15.1 Å². The Bertz CT molecular complexity index is 843. The molecule has 4 rings (SSSR count). The minimum atomic E-state index is -0.698. The second-order valence-electron chi connectivity index (χ2n) is 8.09. The molecule has 1 aliphatic carbocycles. The van der Waals surface area contributed by atoms with Gasteiger partial charge in [-0.2, -0.15) is 5.10 Å². The Morgan fingerprint density at radius 1 is 1.03 bits per heavy atom. The van der Waals surface area contributed by atoms with E-state index in [4.69, 9.17) is 0 Å². The van der Waals surface area contributed by atoms with Crippen molar-refractivity contribution in [2.45, 2.75) is 50.5 Å². The summed E-state index contributed by atoms with van der Waals surface area (Å²) in [6.07, 6.45) is 10.3. The lowest BCUT2D eigenvalue weighted by Crippen LogP contribution is -2.52. The van der Waals surface area contributed by atoms with Crippen LogP contribution in [0.2, 0.25) is 0 Å². The van der Waals surface area contributed by atoms with E-state index < -0.39 is 5.54 Å². The number of carbonyl (C=O) groups is 2. The highest BCUT2D eigenvalue weighted by atomic mass is 35.5. The van der Waals surface area contributed by atoms with Crippen LogP contribution in [0.25, 0.3) is 0 Å². The van der Waals surface area contributed by atoms with E-state index in [9.17, 15) is 9.59 Å². The van der Waals surface area contributed by atoms with Crippen molar-refractivity contribution >= 4 is 35.6 Å². The van der Waals surface area contributed by atoms with Crippen molar-refractivity contribution in [2.75, 3.05) is 23.7 Å². The van der Waals surface area contributed by atoms with Gasteiger partial charge in [0.2, 0.25) is 5.91 Å². The standard InChI is InChI=1S/C22H29N5O2.ClH/c28-20(17-6-2-1-3-7-17)25-18-8-4-9-19(16-18)26-21(29)22(10-13-23-14-11-22)27-15-5-12-24-27;/h4-5,8-9,12,15-17,23H,1-3,6-7,10-11,13-14H2,(H,25,28)(H,26,29);1H. The minimum Gasteiger partial charge on any atom is -0.326 e. The van der Waals surface area contributed by atoms with Crippen LogP contribution >= 0.6 is 12.4 Å². The Hall–Kier alpha value is -2.38. The van der Waals surface area contributed by atoms with Gasteiger partial charge >= 0.3 is 0 Å². The number of nitrogens with one attached hydrogen (secondary N) is 3. The van der Waals surface area contributed by atoms with E-state index in [-0.39, 0.29) is 30.1 Å². The van der Waals surface area contributed by atoms with Crippen molar-refractivity contribution in [1.82, 2.24) is 15.1 Å². The summed E-state index contributed by atoms with van der Waals surface area (Å²) in [5.74, 6) is 0.109. The van der Waals surface area contributed by atoms with Gasteiger partial charge in [-0.25, -0.2) is 0 Å². The summed E-state index contributed by atoms with van der Waals surface area (Å²) in [4.78, 5) is 25.8. The molecule has 7 nitrogen and oxygen atoms in total. The molecule has 2 aliphatic rings. The molecule has 1 aliphatic heterocycles. The summed E-state index contributed by atoms with van der Waals surface area (Å²) in [5, 5.41) is 13.7. The molecule has 1 aromatic heterocycles. The predicted octanol–water partition coefficient (Wildman–Crippen LogP) is 3.54. The fourth-order valence-electron chi connectivity index (χ4n) is 4.45. The zero-order valence-electron chi connectivity index (χ0n) is 17.1. The molecule has 30 heavy (non-hydrogen) atoms. The topological polar surface area (TPSA) is 88.1 Å². The Balaban J connectivity index is 0.00000256. The number of anilines is 2. The van der Waals surface area contributed by atoms with Crippen molar-refractivity contribution < 1.29 is 9.59 Å². The van der Waals surface area contributed by atoms with E-state index in [0.29, 0.717) is 18.5 Å². The van der Waals surface area contributed by atoms with E-state index in [1.807, 2.05) is 36.5 Å². The third-order valence-corrected chi connectivity index (χ3v) is 6.16. The average molecular weight is 432 g/mol. The normalized spacial score (nSPS) is 18.8. The highest BCUT2D eigenvalue weighted by molar-refractivity contribution is 5.98. The fourth-order valence-corrected chi connectivity index (χ4v) is 4.45. The number of rotatable bonds is 5. The van der Waals surface area contributed by atoms with Crippen molar-refractivity contribution in [2.24, 2.45) is 5.92 Å². The van der Waals surface area contributed by atoms with Gasteiger partial charge in [0, 0.05) is 29.7 Å². The molecule has 3 N–H and O–H groups in total. The van der Waals surface area contributed by atoms with E-state index in [1.165, 1.54) is 6.42 Å². The van der Waals surface area contributed by atoms with Gasteiger partial charge in [0.1, 0.15) is 5.54 Å². The summed E-state index contributed by atoms with van der Waals surface area (Å²) in [7, 11) is 0. The molecule has 1 saturated carbocycles. The molecular weight excluding hydrogens is 402 g/mol. The minimum absolute atomic E-state index is 0. The first-order valence-corrected chi connectivity index (χ1v) is 10.6. The molecule has 0 spiro atoms. The first-order chi connectivity index (χ1) is 14.2. The van der Waals surface area contributed by atoms with E-state index in [0.717, 1.165) is 44.5 Å². The summed E-state index contributed by atoms with van der Waals surface area (Å²) < 4.78 is 1.78. The smallest absolute Gasteiger partial charge is 0.252 e. The van der Waals surface area contributed by atoms with Crippen LogP contribution in [0.5, 0.6) is 0 Å². The maximum Gasteiger partial charge on any atom is 0.252 e. The largest absolute Gasteiger partial charge is 0.326 e. The molecule has 2 heterocycles. The van der Waals surface area contributed by atoms with Crippen molar-refractivity contribution in [3.63, 3.8) is 0 Å². The Labute approximate surface area is 183 Å². The molecule has 0 bridgehead atoms. The van der Waals surface area contributed by atoms with Gasteiger partial charge in [-0.05, 0) is 63.0 Å². The second kappa shape index (κ2) is 10.1. The van der Waals surface area contributed by atoms with Crippen molar-refractivity contribution in [3.8, 4) is 0 Å². The zero-order valence-corrected chi connectivity index (χ0v) is 17.9. The van der Waals surface area contributed by atoms with E-state index in [1.54, 1.807) is 10.9 Å². The lowest BCUT2D eigenvalue weighted by molar-refractivity contribution is -0.126. The predicted molar refractivity (Wildman–Crippen MR) is 120 cm³/mol. The van der Waals surface area contributed by atoms with Gasteiger partial charge in [-0.15, -0.1) is 12.4 Å². The SMILES string of the molecule is Cl.O=C(Nc1cccc(NC(=O)C2(n3cccn3)CCNCC2)c1)C1CCCCC1. The van der Waals surface area contributed by atoms with Crippen LogP contribution in [0, 0.1) is 5.92 Å². The first-order valence-electron chi connectivity index (χ1n) is 10.6. The molecule has 1 saturated heterocycles. The van der Waals surface area contributed by atoms with Gasteiger partial charge < -0.3 is 16.0 Å². The highest BCUT2D eigenvalue weighted by Gasteiger charge is 2.42. The number of benzene rings is 1. The van der Waals surface area contributed by atoms with Gasteiger partial charge in [-0.1, -0.05) is 25.3 Å². The van der Waals surface area contributed by atoms with Crippen LogP contribution in [0.4, 0.5) is 11.4 Å². The van der Waals surface area contributed by atoms with Crippen LogP contribution in [0.15, 0.2) is 42.7 Å². The van der Waals surface area contributed by atoms with Crippen LogP contribution in [0.3, 0.4) is 0 Å². The lowest BCUT2D eigenvalue weighted by atomic mass is 9.87. The number of hydrogen-bond acceptors (Lipinski definition) is 4. The van der Waals surface area contributed by atoms with Crippen molar-refractivity contribution in [1.29, 1.82) is 0 Å². The number of aromatic nitrogens is 2. The molecule has 0 unspecified atom stereocenters.